The molecule has 0 fully saturated rings. The standard InChI is InChI=1S/C32H23N3O3S/c1-20-29(23-14-12-22(13-15-23)21-8-4-2-5-9-21)34-32(39-20)35-30(37)27-18-24-16-17-26(36)19-28(24)38-31(27)33-25-10-6-3-7-11-25/h2-19,36H,1H3,(H,34,35,37). The van der Waals surface area contributed by atoms with Crippen molar-refractivity contribution in [2.75, 3.05) is 5.32 Å². The molecule has 0 atom stereocenters. The van der Waals surface area contributed by atoms with Crippen molar-refractivity contribution < 1.29 is 14.3 Å². The number of para-hydroxylation sites is 1. The van der Waals surface area contributed by atoms with E-state index in [1.807, 2.05) is 67.6 Å². The van der Waals surface area contributed by atoms with Crippen LogP contribution in [0.2, 0.25) is 0 Å². The van der Waals surface area contributed by atoms with E-state index in [2.05, 4.69) is 34.6 Å². The van der Waals surface area contributed by atoms with Gasteiger partial charge in [0.15, 0.2) is 5.13 Å². The minimum absolute atomic E-state index is 0.0664. The lowest BCUT2D eigenvalue weighted by molar-refractivity contribution is 0.102. The maximum Gasteiger partial charge on any atom is 0.262 e. The number of carbonyl (C=O) groups is 1. The highest BCUT2D eigenvalue weighted by Crippen LogP contribution is 2.32. The minimum atomic E-state index is -0.386. The first-order chi connectivity index (χ1) is 19.0. The zero-order valence-corrected chi connectivity index (χ0v) is 21.8. The van der Waals surface area contributed by atoms with Gasteiger partial charge in [-0.2, -0.15) is 0 Å². The van der Waals surface area contributed by atoms with Gasteiger partial charge in [0, 0.05) is 21.9 Å². The van der Waals surface area contributed by atoms with Crippen molar-refractivity contribution in [3.8, 4) is 28.1 Å². The highest BCUT2D eigenvalue weighted by molar-refractivity contribution is 7.16. The third kappa shape index (κ3) is 5.21. The van der Waals surface area contributed by atoms with Crippen LogP contribution in [0.15, 0.2) is 119 Å². The van der Waals surface area contributed by atoms with Gasteiger partial charge in [-0.1, -0.05) is 72.8 Å². The molecular formula is C32H23N3O3S. The molecule has 0 radical (unpaired) electrons. The summed E-state index contributed by atoms with van der Waals surface area (Å²) in [7, 11) is 0. The van der Waals surface area contributed by atoms with E-state index in [1.54, 1.807) is 18.2 Å². The maximum atomic E-state index is 13.5. The third-order valence-electron chi connectivity index (χ3n) is 6.25. The average Bonchev–Trinajstić information content (AvgIpc) is 3.33. The molecular weight excluding hydrogens is 506 g/mol. The number of nitrogens with zero attached hydrogens (tertiary/aromatic N) is 2. The van der Waals surface area contributed by atoms with Crippen LogP contribution in [0.5, 0.6) is 5.75 Å². The number of thiazole rings is 1. The third-order valence-corrected chi connectivity index (χ3v) is 7.13. The van der Waals surface area contributed by atoms with Gasteiger partial charge >= 0.3 is 0 Å². The summed E-state index contributed by atoms with van der Waals surface area (Å²) < 4.78 is 5.98. The Balaban J connectivity index is 1.32. The fraction of sp³-hybridized carbons (Fsp3) is 0.0312. The van der Waals surface area contributed by atoms with Crippen LogP contribution in [-0.2, 0) is 0 Å². The highest BCUT2D eigenvalue weighted by atomic mass is 32.1. The zero-order valence-electron chi connectivity index (χ0n) is 21.0. The monoisotopic (exact) mass is 529 g/mol. The first kappa shape index (κ1) is 24.3. The molecule has 0 spiro atoms. The first-order valence-electron chi connectivity index (χ1n) is 12.3. The Hall–Kier alpha value is -5.01. The molecule has 0 saturated heterocycles. The number of aromatic hydroxyl groups is 1. The smallest absolute Gasteiger partial charge is 0.262 e. The molecule has 0 saturated carbocycles. The van der Waals surface area contributed by atoms with Gasteiger partial charge in [-0.15, -0.1) is 11.3 Å². The summed E-state index contributed by atoms with van der Waals surface area (Å²) in [6.07, 6.45) is 0. The van der Waals surface area contributed by atoms with E-state index < -0.39 is 0 Å². The number of phenolic OH excluding ortho intramolecular Hbond substituents is 1. The summed E-state index contributed by atoms with van der Waals surface area (Å²) in [4.78, 5) is 23.8. The van der Waals surface area contributed by atoms with Gasteiger partial charge in [0.2, 0.25) is 5.55 Å². The normalized spacial score (nSPS) is 11.6. The predicted molar refractivity (Wildman–Crippen MR) is 155 cm³/mol. The van der Waals surface area contributed by atoms with Gasteiger partial charge in [-0.3, -0.25) is 10.1 Å². The van der Waals surface area contributed by atoms with Crippen molar-refractivity contribution in [1.29, 1.82) is 0 Å². The van der Waals surface area contributed by atoms with Crippen molar-refractivity contribution in [3.63, 3.8) is 0 Å². The lowest BCUT2D eigenvalue weighted by Crippen LogP contribution is -2.21. The van der Waals surface area contributed by atoms with Crippen LogP contribution in [0.25, 0.3) is 33.4 Å². The largest absolute Gasteiger partial charge is 0.508 e. The number of amides is 1. The van der Waals surface area contributed by atoms with Gasteiger partial charge in [-0.05, 0) is 48.4 Å². The SMILES string of the molecule is Cc1sc(NC(=O)c2cc3ccc(O)cc3oc2=Nc2ccccc2)nc1-c1ccc(-c2ccccc2)cc1. The molecule has 7 heteroatoms. The number of rotatable bonds is 5. The van der Waals surface area contributed by atoms with Crippen LogP contribution in [0.4, 0.5) is 10.8 Å². The van der Waals surface area contributed by atoms with Gasteiger partial charge in [-0.25, -0.2) is 9.98 Å². The molecule has 2 heterocycles. The summed E-state index contributed by atoms with van der Waals surface area (Å²) in [6.45, 7) is 1.99. The molecule has 0 bridgehead atoms. The Bertz CT molecular complexity index is 1860. The molecule has 0 unspecified atom stereocenters. The number of carbonyl (C=O) groups excluding carboxylic acids is 1. The molecule has 6 rings (SSSR count). The van der Waals surface area contributed by atoms with Gasteiger partial charge in [0.05, 0.1) is 11.4 Å². The second kappa shape index (κ2) is 10.4. The topological polar surface area (TPSA) is 87.7 Å². The summed E-state index contributed by atoms with van der Waals surface area (Å²) >= 11 is 1.41. The number of anilines is 1. The predicted octanol–water partition coefficient (Wildman–Crippen LogP) is 7.72. The minimum Gasteiger partial charge on any atom is -0.508 e. The van der Waals surface area contributed by atoms with Crippen LogP contribution in [0, 0.1) is 6.92 Å². The number of nitrogens with one attached hydrogen (secondary N) is 1. The van der Waals surface area contributed by atoms with E-state index in [9.17, 15) is 9.90 Å². The number of phenols is 1. The zero-order chi connectivity index (χ0) is 26.8. The summed E-state index contributed by atoms with van der Waals surface area (Å²) in [5.74, 6) is -0.320. The van der Waals surface area contributed by atoms with Crippen molar-refractivity contribution in [2.45, 2.75) is 6.92 Å². The van der Waals surface area contributed by atoms with Crippen molar-refractivity contribution >= 4 is 39.0 Å². The number of aromatic nitrogens is 1. The van der Waals surface area contributed by atoms with Crippen LogP contribution < -0.4 is 10.9 Å². The second-order valence-electron chi connectivity index (χ2n) is 8.96. The fourth-order valence-electron chi connectivity index (χ4n) is 4.31. The Labute approximate surface area is 228 Å². The molecule has 6 aromatic rings. The Kier molecular flexibility index (Phi) is 6.49. The average molecular weight is 530 g/mol. The quantitative estimate of drug-likeness (QED) is 0.239. The van der Waals surface area contributed by atoms with Crippen molar-refractivity contribution in [1.82, 2.24) is 4.98 Å². The molecule has 190 valence electrons. The summed E-state index contributed by atoms with van der Waals surface area (Å²) in [5.41, 5.74) is 5.55. The van der Waals surface area contributed by atoms with Crippen LogP contribution in [0.1, 0.15) is 15.2 Å². The lowest BCUT2D eigenvalue weighted by Gasteiger charge is -2.06. The van der Waals surface area contributed by atoms with Crippen LogP contribution >= 0.6 is 11.3 Å². The molecule has 2 N–H and O–H groups in total. The number of aryl methyl sites for hydroxylation is 1. The summed E-state index contributed by atoms with van der Waals surface area (Å²) in [5, 5.41) is 14.0. The maximum absolute atomic E-state index is 13.5. The molecule has 0 aliphatic rings. The van der Waals surface area contributed by atoms with Crippen LogP contribution in [0.3, 0.4) is 0 Å². The Morgan fingerprint density at radius 3 is 2.26 bits per heavy atom. The Morgan fingerprint density at radius 2 is 1.51 bits per heavy atom. The van der Waals surface area contributed by atoms with Crippen molar-refractivity contribution in [2.24, 2.45) is 4.99 Å². The molecule has 0 aliphatic heterocycles. The molecule has 1 amide bonds. The van der Waals surface area contributed by atoms with E-state index in [1.165, 1.54) is 17.4 Å². The molecule has 4 aromatic carbocycles. The van der Waals surface area contributed by atoms with Crippen molar-refractivity contribution in [3.05, 3.63) is 125 Å². The lowest BCUT2D eigenvalue weighted by atomic mass is 10.0. The number of fused-ring (bicyclic) bond motifs is 1. The van der Waals surface area contributed by atoms with E-state index in [0.29, 0.717) is 21.8 Å². The molecule has 6 nitrogen and oxygen atoms in total. The number of benzene rings is 4. The fourth-order valence-corrected chi connectivity index (χ4v) is 5.14. The number of hydrogen-bond donors (Lipinski definition) is 2. The highest BCUT2D eigenvalue weighted by Gasteiger charge is 2.17. The molecule has 0 aliphatic carbocycles. The second-order valence-corrected chi connectivity index (χ2v) is 10.2. The van der Waals surface area contributed by atoms with Gasteiger partial charge < -0.3 is 9.52 Å². The van der Waals surface area contributed by atoms with E-state index in [-0.39, 0.29) is 22.8 Å². The molecule has 39 heavy (non-hydrogen) atoms. The number of hydrogen-bond acceptors (Lipinski definition) is 6. The molecule has 2 aromatic heterocycles. The van der Waals surface area contributed by atoms with Gasteiger partial charge in [0.25, 0.3) is 5.91 Å². The van der Waals surface area contributed by atoms with E-state index in [4.69, 9.17) is 9.40 Å². The van der Waals surface area contributed by atoms with E-state index in [0.717, 1.165) is 27.3 Å². The van der Waals surface area contributed by atoms with Gasteiger partial charge in [0.1, 0.15) is 16.9 Å². The Morgan fingerprint density at radius 1 is 0.846 bits per heavy atom. The van der Waals surface area contributed by atoms with E-state index >= 15 is 0 Å². The van der Waals surface area contributed by atoms with Crippen LogP contribution in [-0.4, -0.2) is 16.0 Å². The first-order valence-corrected chi connectivity index (χ1v) is 13.2. The summed E-state index contributed by atoms with van der Waals surface area (Å²) in [6, 6.07) is 34.2.